The number of amides is 1. The van der Waals surface area contributed by atoms with Crippen molar-refractivity contribution in [2.75, 3.05) is 13.1 Å². The molecular formula is C23H27BrN2O2. The van der Waals surface area contributed by atoms with Gasteiger partial charge in [0.05, 0.1) is 6.10 Å². The molecule has 2 atom stereocenters. The van der Waals surface area contributed by atoms with Gasteiger partial charge in [-0.1, -0.05) is 52.3 Å². The molecular weight excluding hydrogens is 416 g/mol. The minimum atomic E-state index is -0.128. The van der Waals surface area contributed by atoms with Gasteiger partial charge in [0.15, 0.2) is 0 Å². The van der Waals surface area contributed by atoms with E-state index in [0.29, 0.717) is 12.5 Å². The van der Waals surface area contributed by atoms with Crippen molar-refractivity contribution < 1.29 is 9.90 Å². The highest BCUT2D eigenvalue weighted by molar-refractivity contribution is 9.10. The second-order valence-electron chi connectivity index (χ2n) is 8.04. The maximum atomic E-state index is 12.4. The Morgan fingerprint density at radius 2 is 1.68 bits per heavy atom. The van der Waals surface area contributed by atoms with Gasteiger partial charge in [0.1, 0.15) is 0 Å². The number of nitrogens with one attached hydrogen (secondary N) is 1. The van der Waals surface area contributed by atoms with Gasteiger partial charge in [-0.15, -0.1) is 0 Å². The van der Waals surface area contributed by atoms with Crippen LogP contribution in [-0.4, -0.2) is 35.1 Å². The molecule has 1 saturated carbocycles. The standard InChI is InChI=1S/C23H27BrN2O2/c24-19-7-5-18(6-8-19)21-13-22(21)23(28)25-14-16-1-3-17(4-2-16)15-26-11-9-20(27)10-12-26/h1-8,20-22,27H,9-15H2,(H,25,28). The number of piperidine rings is 1. The number of carbonyl (C=O) groups excluding carboxylic acids is 1. The van der Waals surface area contributed by atoms with Gasteiger partial charge in [-0.05, 0) is 54.0 Å². The van der Waals surface area contributed by atoms with E-state index in [9.17, 15) is 9.90 Å². The molecule has 1 aliphatic carbocycles. The molecule has 1 heterocycles. The first kappa shape index (κ1) is 19.6. The molecule has 4 rings (SSSR count). The number of benzene rings is 2. The van der Waals surface area contributed by atoms with E-state index < -0.39 is 0 Å². The number of nitrogens with zero attached hydrogens (tertiary/aromatic N) is 1. The number of aliphatic hydroxyl groups excluding tert-OH is 1. The van der Waals surface area contributed by atoms with Gasteiger partial charge in [-0.25, -0.2) is 0 Å². The van der Waals surface area contributed by atoms with E-state index in [2.05, 4.69) is 62.5 Å². The van der Waals surface area contributed by atoms with Gasteiger partial charge in [0.2, 0.25) is 5.91 Å². The van der Waals surface area contributed by atoms with E-state index >= 15 is 0 Å². The van der Waals surface area contributed by atoms with Crippen molar-refractivity contribution in [1.82, 2.24) is 10.2 Å². The summed E-state index contributed by atoms with van der Waals surface area (Å²) >= 11 is 3.45. The third-order valence-electron chi connectivity index (χ3n) is 5.88. The monoisotopic (exact) mass is 442 g/mol. The number of rotatable bonds is 6. The molecule has 0 radical (unpaired) electrons. The average Bonchev–Trinajstić information content (AvgIpc) is 3.50. The zero-order valence-electron chi connectivity index (χ0n) is 16.0. The molecule has 2 N–H and O–H groups in total. The number of likely N-dealkylation sites (tertiary alicyclic amines) is 1. The van der Waals surface area contributed by atoms with Crippen molar-refractivity contribution in [1.29, 1.82) is 0 Å². The minimum Gasteiger partial charge on any atom is -0.393 e. The summed E-state index contributed by atoms with van der Waals surface area (Å²) < 4.78 is 1.07. The highest BCUT2D eigenvalue weighted by Crippen LogP contribution is 2.47. The third-order valence-corrected chi connectivity index (χ3v) is 6.41. The summed E-state index contributed by atoms with van der Waals surface area (Å²) in [7, 11) is 0. The van der Waals surface area contributed by atoms with Crippen LogP contribution in [0.15, 0.2) is 53.0 Å². The van der Waals surface area contributed by atoms with Gasteiger partial charge < -0.3 is 10.4 Å². The smallest absolute Gasteiger partial charge is 0.224 e. The van der Waals surface area contributed by atoms with E-state index in [1.165, 1.54) is 11.1 Å². The second-order valence-corrected chi connectivity index (χ2v) is 8.96. The lowest BCUT2D eigenvalue weighted by atomic mass is 10.1. The molecule has 4 nitrogen and oxygen atoms in total. The zero-order valence-corrected chi connectivity index (χ0v) is 17.6. The Morgan fingerprint density at radius 1 is 1.04 bits per heavy atom. The van der Waals surface area contributed by atoms with E-state index in [1.54, 1.807) is 0 Å². The molecule has 2 aromatic carbocycles. The molecule has 28 heavy (non-hydrogen) atoms. The molecule has 0 bridgehead atoms. The number of aliphatic hydroxyl groups is 1. The predicted octanol–water partition coefficient (Wildman–Crippen LogP) is 3.83. The van der Waals surface area contributed by atoms with E-state index in [1.807, 2.05) is 12.1 Å². The SMILES string of the molecule is O=C(NCc1ccc(CN2CCC(O)CC2)cc1)C1CC1c1ccc(Br)cc1. The maximum Gasteiger partial charge on any atom is 0.224 e. The molecule has 2 unspecified atom stereocenters. The molecule has 0 spiro atoms. The number of halogens is 1. The van der Waals surface area contributed by atoms with Crippen molar-refractivity contribution in [2.24, 2.45) is 5.92 Å². The normalized spacial score (nSPS) is 22.8. The van der Waals surface area contributed by atoms with Crippen molar-refractivity contribution >= 4 is 21.8 Å². The second kappa shape index (κ2) is 8.76. The summed E-state index contributed by atoms with van der Waals surface area (Å²) in [5.74, 6) is 0.623. The van der Waals surface area contributed by atoms with Crippen LogP contribution in [0.5, 0.6) is 0 Å². The Labute approximate surface area is 175 Å². The molecule has 2 aromatic rings. The quantitative estimate of drug-likeness (QED) is 0.714. The first-order valence-electron chi connectivity index (χ1n) is 10.1. The van der Waals surface area contributed by atoms with Gasteiger partial charge in [-0.2, -0.15) is 0 Å². The van der Waals surface area contributed by atoms with Crippen LogP contribution in [0.4, 0.5) is 0 Å². The molecule has 2 fully saturated rings. The Kier molecular flexibility index (Phi) is 6.14. The lowest BCUT2D eigenvalue weighted by molar-refractivity contribution is -0.122. The van der Waals surface area contributed by atoms with Crippen LogP contribution >= 0.6 is 15.9 Å². The highest BCUT2D eigenvalue weighted by Gasteiger charge is 2.43. The Morgan fingerprint density at radius 3 is 2.36 bits per heavy atom. The predicted molar refractivity (Wildman–Crippen MR) is 114 cm³/mol. The summed E-state index contributed by atoms with van der Waals surface area (Å²) in [5.41, 5.74) is 3.66. The third kappa shape index (κ3) is 5.02. The van der Waals surface area contributed by atoms with Crippen molar-refractivity contribution in [3.63, 3.8) is 0 Å². The lowest BCUT2D eigenvalue weighted by Gasteiger charge is -2.29. The molecule has 0 aromatic heterocycles. The van der Waals surface area contributed by atoms with E-state index in [4.69, 9.17) is 0 Å². The number of carbonyl (C=O) groups is 1. The maximum absolute atomic E-state index is 12.4. The fourth-order valence-corrected chi connectivity index (χ4v) is 4.25. The summed E-state index contributed by atoms with van der Waals surface area (Å²) in [4.78, 5) is 14.8. The Balaban J connectivity index is 1.23. The first-order chi connectivity index (χ1) is 13.6. The molecule has 148 valence electrons. The summed E-state index contributed by atoms with van der Waals surface area (Å²) in [6.07, 6.45) is 2.55. The lowest BCUT2D eigenvalue weighted by Crippen LogP contribution is -2.35. The van der Waals surface area contributed by atoms with Gasteiger partial charge in [-0.3, -0.25) is 9.69 Å². The van der Waals surface area contributed by atoms with Crippen molar-refractivity contribution in [3.05, 3.63) is 69.7 Å². The minimum absolute atomic E-state index is 0.106. The summed E-state index contributed by atoms with van der Waals surface area (Å²) in [6.45, 7) is 3.43. The van der Waals surface area contributed by atoms with Crippen LogP contribution in [0, 0.1) is 5.92 Å². The molecule has 1 aliphatic heterocycles. The Hall–Kier alpha value is -1.69. The summed E-state index contributed by atoms with van der Waals surface area (Å²) in [5, 5.41) is 12.7. The van der Waals surface area contributed by atoms with Crippen LogP contribution in [0.2, 0.25) is 0 Å². The number of hydrogen-bond donors (Lipinski definition) is 2. The first-order valence-corrected chi connectivity index (χ1v) is 10.9. The fraction of sp³-hybridized carbons (Fsp3) is 0.435. The van der Waals surface area contributed by atoms with Gasteiger partial charge in [0, 0.05) is 36.6 Å². The van der Waals surface area contributed by atoms with Crippen LogP contribution in [-0.2, 0) is 17.9 Å². The fourth-order valence-electron chi connectivity index (χ4n) is 3.98. The van der Waals surface area contributed by atoms with Crippen LogP contribution in [0.25, 0.3) is 0 Å². The molecule has 5 heteroatoms. The van der Waals surface area contributed by atoms with Crippen LogP contribution in [0.3, 0.4) is 0 Å². The topological polar surface area (TPSA) is 52.6 Å². The summed E-state index contributed by atoms with van der Waals surface area (Å²) in [6, 6.07) is 16.8. The molecule has 1 saturated heterocycles. The molecule has 2 aliphatic rings. The van der Waals surface area contributed by atoms with E-state index in [-0.39, 0.29) is 17.9 Å². The van der Waals surface area contributed by atoms with E-state index in [0.717, 1.165) is 48.9 Å². The largest absolute Gasteiger partial charge is 0.393 e. The molecule has 1 amide bonds. The van der Waals surface area contributed by atoms with Crippen LogP contribution < -0.4 is 5.32 Å². The van der Waals surface area contributed by atoms with Crippen molar-refractivity contribution in [3.8, 4) is 0 Å². The van der Waals surface area contributed by atoms with Crippen molar-refractivity contribution in [2.45, 2.75) is 44.4 Å². The highest BCUT2D eigenvalue weighted by atomic mass is 79.9. The van der Waals surface area contributed by atoms with Gasteiger partial charge >= 0.3 is 0 Å². The number of hydrogen-bond acceptors (Lipinski definition) is 3. The Bertz CT molecular complexity index is 798. The zero-order chi connectivity index (χ0) is 19.5. The van der Waals surface area contributed by atoms with Gasteiger partial charge in [0.25, 0.3) is 0 Å². The average molecular weight is 443 g/mol. The van der Waals surface area contributed by atoms with Crippen LogP contribution in [0.1, 0.15) is 41.9 Å².